The Labute approximate surface area is 114 Å². The molecule has 0 aliphatic carbocycles. The molecule has 0 aliphatic heterocycles. The molecule has 1 aromatic heterocycles. The third-order valence-electron chi connectivity index (χ3n) is 2.25. The molecule has 1 aromatic rings. The third kappa shape index (κ3) is 5.04. The fourth-order valence-corrected chi connectivity index (χ4v) is 1.41. The van der Waals surface area contributed by atoms with E-state index in [0.717, 1.165) is 0 Å². The van der Waals surface area contributed by atoms with Crippen LogP contribution in [0.15, 0.2) is 12.3 Å². The van der Waals surface area contributed by atoms with Crippen LogP contribution >= 0.6 is 0 Å². The summed E-state index contributed by atoms with van der Waals surface area (Å²) in [6.45, 7) is 1.50. The molecule has 0 atom stereocenters. The molecule has 112 valence electrons. The van der Waals surface area contributed by atoms with Gasteiger partial charge in [-0.3, -0.25) is 4.79 Å². The Morgan fingerprint density at radius 3 is 2.90 bits per heavy atom. The minimum atomic E-state index is -2.55. The number of pyridine rings is 1. The molecule has 0 unspecified atom stereocenters. The molecule has 1 heterocycles. The maximum absolute atomic E-state index is 13.9. The van der Waals surface area contributed by atoms with Gasteiger partial charge < -0.3 is 15.4 Å². The van der Waals surface area contributed by atoms with Crippen LogP contribution in [-0.4, -0.2) is 43.6 Å². The fourth-order valence-electron chi connectivity index (χ4n) is 1.41. The quantitative estimate of drug-likeness (QED) is 0.715. The summed E-state index contributed by atoms with van der Waals surface area (Å²) < 4.78 is 42.0. The normalized spacial score (nSPS) is 10.7. The molecule has 8 heteroatoms. The van der Waals surface area contributed by atoms with Gasteiger partial charge in [-0.2, -0.15) is 0 Å². The first-order valence-electron chi connectivity index (χ1n) is 6.08. The highest BCUT2D eigenvalue weighted by Crippen LogP contribution is 2.14. The van der Waals surface area contributed by atoms with Gasteiger partial charge in [0.05, 0.1) is 12.2 Å². The van der Waals surface area contributed by atoms with Gasteiger partial charge in [0.1, 0.15) is 6.61 Å². The number of alkyl halides is 2. The predicted molar refractivity (Wildman–Crippen MR) is 67.5 cm³/mol. The largest absolute Gasteiger partial charge is 0.374 e. The van der Waals surface area contributed by atoms with Crippen molar-refractivity contribution in [2.75, 3.05) is 31.6 Å². The molecule has 1 rings (SSSR count). The maximum atomic E-state index is 13.9. The Balaban J connectivity index is 2.49. The van der Waals surface area contributed by atoms with Crippen molar-refractivity contribution in [1.29, 1.82) is 0 Å². The molecule has 0 bridgehead atoms. The number of carbonyl (C=O) groups excluding carboxylic acids is 1. The number of halogens is 3. The van der Waals surface area contributed by atoms with Crippen LogP contribution in [0, 0.1) is 5.82 Å². The minimum Gasteiger partial charge on any atom is -0.374 e. The molecule has 0 saturated heterocycles. The van der Waals surface area contributed by atoms with Crippen LogP contribution in [0.25, 0.3) is 0 Å². The Kier molecular flexibility index (Phi) is 6.78. The summed E-state index contributed by atoms with van der Waals surface area (Å²) in [5, 5.41) is 5.06. The molecular formula is C12H16F3N3O2. The number of carbonyl (C=O) groups is 1. The van der Waals surface area contributed by atoms with Crippen molar-refractivity contribution >= 4 is 11.7 Å². The number of hydrogen-bond donors (Lipinski definition) is 2. The van der Waals surface area contributed by atoms with Gasteiger partial charge in [0, 0.05) is 19.3 Å². The van der Waals surface area contributed by atoms with Crippen molar-refractivity contribution < 1.29 is 22.7 Å². The van der Waals surface area contributed by atoms with E-state index in [4.69, 9.17) is 0 Å². The van der Waals surface area contributed by atoms with Crippen molar-refractivity contribution in [3.05, 3.63) is 23.6 Å². The van der Waals surface area contributed by atoms with Gasteiger partial charge in [0.2, 0.25) is 0 Å². The van der Waals surface area contributed by atoms with Crippen molar-refractivity contribution in [2.24, 2.45) is 0 Å². The summed E-state index contributed by atoms with van der Waals surface area (Å²) in [6.07, 6.45) is -1.24. The van der Waals surface area contributed by atoms with Gasteiger partial charge in [0.25, 0.3) is 12.3 Å². The van der Waals surface area contributed by atoms with E-state index in [0.29, 0.717) is 6.54 Å². The fraction of sp³-hybridized carbons (Fsp3) is 0.500. The molecule has 2 N–H and O–H groups in total. The molecule has 0 radical (unpaired) electrons. The van der Waals surface area contributed by atoms with Gasteiger partial charge in [0.15, 0.2) is 11.6 Å². The van der Waals surface area contributed by atoms with Crippen LogP contribution in [0.1, 0.15) is 17.3 Å². The summed E-state index contributed by atoms with van der Waals surface area (Å²) in [5.41, 5.74) is -0.162. The van der Waals surface area contributed by atoms with E-state index in [1.807, 2.05) is 0 Å². The van der Waals surface area contributed by atoms with Crippen molar-refractivity contribution in [3.63, 3.8) is 0 Å². The van der Waals surface area contributed by atoms with Crippen molar-refractivity contribution in [1.82, 2.24) is 10.3 Å². The number of nitrogens with zero attached hydrogens (tertiary/aromatic N) is 1. The van der Waals surface area contributed by atoms with E-state index in [9.17, 15) is 18.0 Å². The zero-order valence-corrected chi connectivity index (χ0v) is 11.0. The topological polar surface area (TPSA) is 63.2 Å². The summed E-state index contributed by atoms with van der Waals surface area (Å²) in [7, 11) is 0. The molecule has 0 spiro atoms. The van der Waals surface area contributed by atoms with Crippen LogP contribution < -0.4 is 10.6 Å². The standard InChI is InChI=1S/C12H16F3N3O2/c1-2-16-11-10(15)8(3-4-17-11)12(19)18-5-6-20-7-9(13)14/h3-4,9H,2,5-7H2,1H3,(H,16,17)(H,18,19). The lowest BCUT2D eigenvalue weighted by Gasteiger charge is -2.09. The van der Waals surface area contributed by atoms with Gasteiger partial charge in [-0.05, 0) is 13.0 Å². The monoisotopic (exact) mass is 291 g/mol. The van der Waals surface area contributed by atoms with Crippen molar-refractivity contribution in [3.8, 4) is 0 Å². The van der Waals surface area contributed by atoms with Gasteiger partial charge in [-0.15, -0.1) is 0 Å². The minimum absolute atomic E-state index is 0.00546. The number of rotatable bonds is 8. The first-order valence-corrected chi connectivity index (χ1v) is 6.08. The zero-order chi connectivity index (χ0) is 15.0. The number of ether oxygens (including phenoxy) is 1. The average Bonchev–Trinajstić information content (AvgIpc) is 2.40. The van der Waals surface area contributed by atoms with Crippen LogP contribution in [0.3, 0.4) is 0 Å². The molecule has 0 aliphatic rings. The van der Waals surface area contributed by atoms with Crippen molar-refractivity contribution in [2.45, 2.75) is 13.3 Å². The molecule has 20 heavy (non-hydrogen) atoms. The lowest BCUT2D eigenvalue weighted by atomic mass is 10.2. The SMILES string of the molecule is CCNc1nccc(C(=O)NCCOCC(F)F)c1F. The van der Waals surface area contributed by atoms with E-state index in [2.05, 4.69) is 20.4 Å². The number of anilines is 1. The summed E-state index contributed by atoms with van der Waals surface area (Å²) in [5.74, 6) is -1.40. The van der Waals surface area contributed by atoms with E-state index in [-0.39, 0.29) is 24.5 Å². The molecular weight excluding hydrogens is 275 g/mol. The maximum Gasteiger partial charge on any atom is 0.261 e. The summed E-state index contributed by atoms with van der Waals surface area (Å²) in [4.78, 5) is 15.5. The predicted octanol–water partition coefficient (Wildman–Crippen LogP) is 1.66. The zero-order valence-electron chi connectivity index (χ0n) is 11.0. The van der Waals surface area contributed by atoms with E-state index >= 15 is 0 Å². The smallest absolute Gasteiger partial charge is 0.261 e. The lowest BCUT2D eigenvalue weighted by Crippen LogP contribution is -2.28. The van der Waals surface area contributed by atoms with Crippen LogP contribution in [0.4, 0.5) is 19.0 Å². The Hall–Kier alpha value is -1.83. The van der Waals surface area contributed by atoms with Crippen LogP contribution in [-0.2, 0) is 4.74 Å². The molecule has 1 amide bonds. The molecule has 0 saturated carbocycles. The van der Waals surface area contributed by atoms with E-state index < -0.39 is 24.8 Å². The highest BCUT2D eigenvalue weighted by atomic mass is 19.3. The van der Waals surface area contributed by atoms with Crippen LogP contribution in [0.5, 0.6) is 0 Å². The number of amides is 1. The second kappa shape index (κ2) is 8.36. The lowest BCUT2D eigenvalue weighted by molar-refractivity contribution is 0.0188. The van der Waals surface area contributed by atoms with E-state index in [1.54, 1.807) is 6.92 Å². The van der Waals surface area contributed by atoms with Gasteiger partial charge in [-0.1, -0.05) is 0 Å². The van der Waals surface area contributed by atoms with Gasteiger partial charge in [-0.25, -0.2) is 18.2 Å². The first kappa shape index (κ1) is 16.2. The molecule has 0 aromatic carbocycles. The number of hydrogen-bond acceptors (Lipinski definition) is 4. The second-order valence-electron chi connectivity index (χ2n) is 3.77. The van der Waals surface area contributed by atoms with Gasteiger partial charge >= 0.3 is 0 Å². The number of nitrogens with one attached hydrogen (secondary N) is 2. The van der Waals surface area contributed by atoms with E-state index in [1.165, 1.54) is 12.3 Å². The highest BCUT2D eigenvalue weighted by molar-refractivity contribution is 5.95. The first-order chi connectivity index (χ1) is 9.56. The summed E-state index contributed by atoms with van der Waals surface area (Å²) in [6, 6.07) is 1.24. The number of aromatic nitrogens is 1. The second-order valence-corrected chi connectivity index (χ2v) is 3.77. The molecule has 0 fully saturated rings. The molecule has 5 nitrogen and oxygen atoms in total. The highest BCUT2D eigenvalue weighted by Gasteiger charge is 2.15. The average molecular weight is 291 g/mol. The third-order valence-corrected chi connectivity index (χ3v) is 2.25. The summed E-state index contributed by atoms with van der Waals surface area (Å²) >= 11 is 0. The van der Waals surface area contributed by atoms with Crippen LogP contribution in [0.2, 0.25) is 0 Å². The Bertz CT molecular complexity index is 444. The Morgan fingerprint density at radius 1 is 1.50 bits per heavy atom. The Morgan fingerprint density at radius 2 is 2.25 bits per heavy atom.